The minimum absolute atomic E-state index is 0.202. The first kappa shape index (κ1) is 13.1. The van der Waals surface area contributed by atoms with Gasteiger partial charge >= 0.3 is 6.09 Å². The topological polar surface area (TPSA) is 72.6 Å². The zero-order valence-corrected chi connectivity index (χ0v) is 11.3. The Bertz CT molecular complexity index is 556. The van der Waals surface area contributed by atoms with Crippen LogP contribution < -0.4 is 10.6 Å². The summed E-state index contributed by atoms with van der Waals surface area (Å²) in [6.45, 7) is 0.799. The lowest BCUT2D eigenvalue weighted by molar-refractivity contribution is 0.0982. The van der Waals surface area contributed by atoms with Crippen molar-refractivity contribution in [1.29, 1.82) is 0 Å². The largest absolute Gasteiger partial charge is 0.443 e. The highest BCUT2D eigenvalue weighted by Crippen LogP contribution is 2.28. The number of hydrogen-bond acceptors (Lipinski definition) is 4. The molecule has 2 aliphatic rings. The number of rotatable bonds is 2. The zero-order valence-electron chi connectivity index (χ0n) is 11.3. The number of fused-ring (bicyclic) bond motifs is 1. The van der Waals surface area contributed by atoms with E-state index < -0.39 is 0 Å². The summed E-state index contributed by atoms with van der Waals surface area (Å²) in [4.78, 5) is 25.4. The molecule has 1 heterocycles. The van der Waals surface area contributed by atoms with Gasteiger partial charge < -0.3 is 10.5 Å². The number of carbonyl (C=O) groups excluding carboxylic acids is 2. The van der Waals surface area contributed by atoms with Crippen molar-refractivity contribution in [2.24, 2.45) is 5.73 Å². The quantitative estimate of drug-likeness (QED) is 0.836. The molecule has 0 unspecified atom stereocenters. The molecule has 1 aromatic carbocycles. The molecule has 2 N–H and O–H groups in total. The van der Waals surface area contributed by atoms with Gasteiger partial charge in [0.05, 0.1) is 6.54 Å². The van der Waals surface area contributed by atoms with Gasteiger partial charge in [-0.05, 0) is 43.0 Å². The fraction of sp³-hybridized carbons (Fsp3) is 0.467. The van der Waals surface area contributed by atoms with E-state index in [0.717, 1.165) is 36.1 Å². The molecule has 1 fully saturated rings. The van der Waals surface area contributed by atoms with Crippen molar-refractivity contribution in [1.82, 2.24) is 0 Å². The number of ether oxygens (including phenoxy) is 1. The van der Waals surface area contributed by atoms with Crippen molar-refractivity contribution in [2.75, 3.05) is 18.0 Å². The summed E-state index contributed by atoms with van der Waals surface area (Å²) in [5.41, 5.74) is 8.16. The molecule has 0 aromatic heterocycles. The number of aryl methyl sites for hydroxylation is 1. The van der Waals surface area contributed by atoms with Crippen LogP contribution in [0, 0.1) is 0 Å². The second kappa shape index (κ2) is 5.25. The summed E-state index contributed by atoms with van der Waals surface area (Å²) in [6, 6.07) is 5.60. The molecule has 1 aliphatic heterocycles. The summed E-state index contributed by atoms with van der Waals surface area (Å²) in [5, 5.41) is 0. The molecule has 0 radical (unpaired) electrons. The lowest BCUT2D eigenvalue weighted by Gasteiger charge is -2.15. The van der Waals surface area contributed by atoms with Crippen LogP contribution in [-0.4, -0.2) is 31.1 Å². The first-order valence-electron chi connectivity index (χ1n) is 7.03. The zero-order chi connectivity index (χ0) is 14.1. The lowest BCUT2D eigenvalue weighted by Crippen LogP contribution is -2.27. The van der Waals surface area contributed by atoms with Gasteiger partial charge in [0.1, 0.15) is 6.10 Å². The Morgan fingerprint density at radius 3 is 2.80 bits per heavy atom. The number of nitrogens with zero attached hydrogens (tertiary/aromatic N) is 1. The number of cyclic esters (lactones) is 1. The van der Waals surface area contributed by atoms with Crippen molar-refractivity contribution in [3.8, 4) is 0 Å². The monoisotopic (exact) mass is 274 g/mol. The average Bonchev–Trinajstić information content (AvgIpc) is 2.74. The van der Waals surface area contributed by atoms with Gasteiger partial charge in [0, 0.05) is 24.2 Å². The minimum atomic E-state index is -0.361. The molecule has 1 atom stereocenters. The number of benzene rings is 1. The molecule has 106 valence electrons. The number of anilines is 1. The number of Topliss-reactive ketones (excluding diaryl/α,β-unsaturated/α-hetero) is 1. The highest BCUT2D eigenvalue weighted by molar-refractivity contribution is 5.99. The van der Waals surface area contributed by atoms with E-state index in [1.165, 1.54) is 0 Å². The molecule has 3 rings (SSSR count). The number of hydrogen-bond donors (Lipinski definition) is 1. The smallest absolute Gasteiger partial charge is 0.414 e. The third kappa shape index (κ3) is 2.29. The van der Waals surface area contributed by atoms with E-state index in [0.29, 0.717) is 19.5 Å². The van der Waals surface area contributed by atoms with Crippen LogP contribution in [0.5, 0.6) is 0 Å². The van der Waals surface area contributed by atoms with Crippen LogP contribution >= 0.6 is 0 Å². The van der Waals surface area contributed by atoms with E-state index >= 15 is 0 Å². The second-order valence-corrected chi connectivity index (χ2v) is 5.32. The van der Waals surface area contributed by atoms with E-state index in [4.69, 9.17) is 10.5 Å². The second-order valence-electron chi connectivity index (χ2n) is 5.32. The van der Waals surface area contributed by atoms with Gasteiger partial charge in [-0.15, -0.1) is 0 Å². The summed E-state index contributed by atoms with van der Waals surface area (Å²) in [7, 11) is 0. The number of amides is 1. The molecular weight excluding hydrogens is 256 g/mol. The summed E-state index contributed by atoms with van der Waals surface area (Å²) >= 11 is 0. The molecule has 0 spiro atoms. The summed E-state index contributed by atoms with van der Waals surface area (Å²) in [5.74, 6) is 0.202. The Morgan fingerprint density at radius 1 is 1.25 bits per heavy atom. The highest BCUT2D eigenvalue weighted by atomic mass is 16.6. The maximum Gasteiger partial charge on any atom is 0.414 e. The van der Waals surface area contributed by atoms with Crippen LogP contribution in [0.25, 0.3) is 0 Å². The van der Waals surface area contributed by atoms with Crippen LogP contribution in [-0.2, 0) is 11.2 Å². The molecular formula is C15H18N2O3. The van der Waals surface area contributed by atoms with Gasteiger partial charge in [-0.2, -0.15) is 0 Å². The van der Waals surface area contributed by atoms with Gasteiger partial charge in [-0.3, -0.25) is 9.69 Å². The SMILES string of the molecule is NC[C@H]1CN(c2ccc3c(c2)CCCCC3=O)C(=O)O1. The summed E-state index contributed by atoms with van der Waals surface area (Å²) in [6.07, 6.45) is 2.84. The third-order valence-corrected chi connectivity index (χ3v) is 3.94. The van der Waals surface area contributed by atoms with Crippen molar-refractivity contribution >= 4 is 17.6 Å². The van der Waals surface area contributed by atoms with E-state index in [2.05, 4.69) is 0 Å². The normalized spacial score (nSPS) is 22.4. The Hall–Kier alpha value is -1.88. The van der Waals surface area contributed by atoms with Crippen LogP contribution in [0.4, 0.5) is 10.5 Å². The molecule has 5 heteroatoms. The molecule has 1 saturated heterocycles. The van der Waals surface area contributed by atoms with Crippen molar-refractivity contribution < 1.29 is 14.3 Å². The predicted octanol–water partition coefficient (Wildman–Crippen LogP) is 1.88. The van der Waals surface area contributed by atoms with Crippen molar-refractivity contribution in [3.05, 3.63) is 29.3 Å². The number of ketones is 1. The van der Waals surface area contributed by atoms with Gasteiger partial charge in [0.25, 0.3) is 0 Å². The van der Waals surface area contributed by atoms with Crippen molar-refractivity contribution in [3.63, 3.8) is 0 Å². The standard InChI is InChI=1S/C15H18N2O3/c16-8-12-9-17(15(19)20-12)11-5-6-13-10(7-11)3-1-2-4-14(13)18/h5-7,12H,1-4,8-9,16H2/t12-/m0/s1. The van der Waals surface area contributed by atoms with Gasteiger partial charge in [0.15, 0.2) is 5.78 Å². The third-order valence-electron chi connectivity index (χ3n) is 3.94. The fourth-order valence-electron chi connectivity index (χ4n) is 2.82. The predicted molar refractivity (Wildman–Crippen MR) is 75.0 cm³/mol. The van der Waals surface area contributed by atoms with Crippen LogP contribution in [0.1, 0.15) is 35.2 Å². The Morgan fingerprint density at radius 2 is 2.05 bits per heavy atom. The molecule has 1 amide bonds. The number of nitrogens with two attached hydrogens (primary N) is 1. The van der Waals surface area contributed by atoms with Crippen LogP contribution in [0.2, 0.25) is 0 Å². The van der Waals surface area contributed by atoms with Crippen LogP contribution in [0.15, 0.2) is 18.2 Å². The maximum absolute atomic E-state index is 12.0. The first-order chi connectivity index (χ1) is 9.69. The minimum Gasteiger partial charge on any atom is -0.443 e. The van der Waals surface area contributed by atoms with E-state index in [-0.39, 0.29) is 18.0 Å². The molecule has 20 heavy (non-hydrogen) atoms. The van der Waals surface area contributed by atoms with E-state index in [1.54, 1.807) is 4.90 Å². The number of carbonyl (C=O) groups is 2. The molecule has 1 aliphatic carbocycles. The van der Waals surface area contributed by atoms with Gasteiger partial charge in [0.2, 0.25) is 0 Å². The maximum atomic E-state index is 12.0. The first-order valence-corrected chi connectivity index (χ1v) is 7.03. The van der Waals surface area contributed by atoms with Gasteiger partial charge in [-0.25, -0.2) is 4.79 Å². The van der Waals surface area contributed by atoms with Crippen molar-refractivity contribution in [2.45, 2.75) is 31.8 Å². The lowest BCUT2D eigenvalue weighted by atomic mass is 10.0. The van der Waals surface area contributed by atoms with E-state index in [1.807, 2.05) is 18.2 Å². The molecule has 1 aromatic rings. The fourth-order valence-corrected chi connectivity index (χ4v) is 2.82. The average molecular weight is 274 g/mol. The molecule has 0 bridgehead atoms. The Balaban J connectivity index is 1.91. The molecule has 0 saturated carbocycles. The van der Waals surface area contributed by atoms with Gasteiger partial charge in [-0.1, -0.05) is 0 Å². The van der Waals surface area contributed by atoms with E-state index in [9.17, 15) is 9.59 Å². The van der Waals surface area contributed by atoms with Crippen LogP contribution in [0.3, 0.4) is 0 Å². The molecule has 5 nitrogen and oxygen atoms in total. The summed E-state index contributed by atoms with van der Waals surface area (Å²) < 4.78 is 5.16. The highest BCUT2D eigenvalue weighted by Gasteiger charge is 2.31. The Kier molecular flexibility index (Phi) is 3.44. The Labute approximate surface area is 117 Å².